The van der Waals surface area contributed by atoms with E-state index in [1.807, 2.05) is 55.5 Å². The molecule has 0 aliphatic heterocycles. The number of aryl methyl sites for hydroxylation is 1. The van der Waals surface area contributed by atoms with Crippen LogP contribution in [0.1, 0.15) is 43.0 Å². The Morgan fingerprint density at radius 3 is 2.41 bits per heavy atom. The third kappa shape index (κ3) is 6.58. The number of rotatable bonds is 10. The van der Waals surface area contributed by atoms with Crippen LogP contribution in [0.2, 0.25) is 0 Å². The van der Waals surface area contributed by atoms with Gasteiger partial charge in [-0.25, -0.2) is 9.07 Å². The van der Waals surface area contributed by atoms with Gasteiger partial charge in [-0.1, -0.05) is 73.2 Å². The van der Waals surface area contributed by atoms with E-state index in [-0.39, 0.29) is 30.7 Å². The fourth-order valence-electron chi connectivity index (χ4n) is 4.17. The molecule has 192 valence electrons. The molecule has 0 aliphatic rings. The molecule has 1 atom stereocenters. The molecule has 8 heteroatoms. The predicted octanol–water partition coefficient (Wildman–Crippen LogP) is 4.81. The molecule has 0 unspecified atom stereocenters. The minimum Gasteiger partial charge on any atom is -0.354 e. The molecule has 1 aromatic heterocycles. The second-order valence-corrected chi connectivity index (χ2v) is 9.67. The van der Waals surface area contributed by atoms with Crippen LogP contribution in [-0.2, 0) is 22.7 Å². The summed E-state index contributed by atoms with van der Waals surface area (Å²) in [4.78, 5) is 29.0. The van der Waals surface area contributed by atoms with Crippen molar-refractivity contribution in [3.63, 3.8) is 0 Å². The largest absolute Gasteiger partial charge is 0.354 e. The van der Waals surface area contributed by atoms with E-state index < -0.39 is 6.04 Å². The maximum absolute atomic E-state index is 13.9. The third-order valence-electron chi connectivity index (χ3n) is 6.27. The van der Waals surface area contributed by atoms with Crippen LogP contribution in [0.4, 0.5) is 4.39 Å². The maximum atomic E-state index is 13.9. The Labute approximate surface area is 216 Å². The van der Waals surface area contributed by atoms with Gasteiger partial charge in [0.05, 0.1) is 5.52 Å². The van der Waals surface area contributed by atoms with Crippen LogP contribution < -0.4 is 5.32 Å². The molecule has 0 bridgehead atoms. The summed E-state index contributed by atoms with van der Waals surface area (Å²) < 4.78 is 15.2. The lowest BCUT2D eigenvalue weighted by Crippen LogP contribution is -2.45. The van der Waals surface area contributed by atoms with Gasteiger partial charge in [0.1, 0.15) is 23.9 Å². The van der Waals surface area contributed by atoms with Crippen LogP contribution in [0.15, 0.2) is 72.8 Å². The SMILES string of the molecule is Cc1ccc([C@H](C(=O)NCCC(C)C)N(Cc2ccc(F)cc2)C(=O)Cn2nnc3ccccc32)cc1. The van der Waals surface area contributed by atoms with Crippen LogP contribution in [0, 0.1) is 18.7 Å². The first kappa shape index (κ1) is 26.0. The smallest absolute Gasteiger partial charge is 0.247 e. The van der Waals surface area contributed by atoms with E-state index in [9.17, 15) is 14.0 Å². The van der Waals surface area contributed by atoms with Crippen LogP contribution >= 0.6 is 0 Å². The monoisotopic (exact) mass is 501 g/mol. The van der Waals surface area contributed by atoms with Gasteiger partial charge in [-0.15, -0.1) is 5.10 Å². The van der Waals surface area contributed by atoms with Crippen molar-refractivity contribution < 1.29 is 14.0 Å². The number of halogens is 1. The fourth-order valence-corrected chi connectivity index (χ4v) is 4.17. The van der Waals surface area contributed by atoms with E-state index in [2.05, 4.69) is 29.5 Å². The molecule has 37 heavy (non-hydrogen) atoms. The normalized spacial score (nSPS) is 12.0. The highest BCUT2D eigenvalue weighted by molar-refractivity contribution is 5.89. The standard InChI is InChI=1S/C29H32FN5O2/c1-20(2)16-17-31-29(37)28(23-12-8-21(3)9-13-23)34(18-22-10-14-24(30)15-11-22)27(36)19-35-26-7-5-4-6-25(26)32-33-35/h4-15,20,28H,16-19H2,1-3H3,(H,31,37)/t28-/m1/s1. The average Bonchev–Trinajstić information content (AvgIpc) is 3.28. The number of hydrogen-bond acceptors (Lipinski definition) is 4. The van der Waals surface area contributed by atoms with Gasteiger partial charge in [0, 0.05) is 13.1 Å². The van der Waals surface area contributed by atoms with Gasteiger partial charge in [0.25, 0.3) is 0 Å². The van der Waals surface area contributed by atoms with Crippen molar-refractivity contribution in [2.75, 3.05) is 6.54 Å². The molecular weight excluding hydrogens is 469 g/mol. The quantitative estimate of drug-likeness (QED) is 0.338. The summed E-state index contributed by atoms with van der Waals surface area (Å²) in [6.07, 6.45) is 0.823. The molecule has 1 N–H and O–H groups in total. The summed E-state index contributed by atoms with van der Waals surface area (Å²) in [5, 5.41) is 11.3. The highest BCUT2D eigenvalue weighted by Gasteiger charge is 2.32. The van der Waals surface area contributed by atoms with Gasteiger partial charge in [0.2, 0.25) is 11.8 Å². The Balaban J connectivity index is 1.71. The second-order valence-electron chi connectivity index (χ2n) is 9.67. The number of aromatic nitrogens is 3. The average molecular weight is 502 g/mol. The Morgan fingerprint density at radius 2 is 1.70 bits per heavy atom. The van der Waals surface area contributed by atoms with E-state index in [0.29, 0.717) is 29.1 Å². The molecule has 0 saturated heterocycles. The summed E-state index contributed by atoms with van der Waals surface area (Å²) in [5.74, 6) is -0.499. The van der Waals surface area contributed by atoms with Gasteiger partial charge >= 0.3 is 0 Å². The second kappa shape index (κ2) is 11.8. The van der Waals surface area contributed by atoms with Gasteiger partial charge in [-0.3, -0.25) is 9.59 Å². The highest BCUT2D eigenvalue weighted by Crippen LogP contribution is 2.25. The minimum absolute atomic E-state index is 0.0939. The lowest BCUT2D eigenvalue weighted by molar-refractivity contribution is -0.142. The van der Waals surface area contributed by atoms with Crippen molar-refractivity contribution in [2.24, 2.45) is 5.92 Å². The van der Waals surface area contributed by atoms with Gasteiger partial charge in [-0.2, -0.15) is 0 Å². The first-order valence-corrected chi connectivity index (χ1v) is 12.5. The summed E-state index contributed by atoms with van der Waals surface area (Å²) in [6.45, 7) is 6.70. The number of carbonyl (C=O) groups excluding carboxylic acids is 2. The summed E-state index contributed by atoms with van der Waals surface area (Å²) in [5.41, 5.74) is 3.87. The van der Waals surface area contributed by atoms with Gasteiger partial charge in [0.15, 0.2) is 0 Å². The fraction of sp³-hybridized carbons (Fsp3) is 0.310. The third-order valence-corrected chi connectivity index (χ3v) is 6.27. The molecule has 2 amide bonds. The Bertz CT molecular complexity index is 1350. The van der Waals surface area contributed by atoms with Crippen molar-refractivity contribution in [1.82, 2.24) is 25.2 Å². The van der Waals surface area contributed by atoms with Gasteiger partial charge < -0.3 is 10.2 Å². The molecule has 0 saturated carbocycles. The Kier molecular flexibility index (Phi) is 8.28. The number of amides is 2. The molecular formula is C29H32FN5O2. The Morgan fingerprint density at radius 1 is 1.00 bits per heavy atom. The number of fused-ring (bicyclic) bond motifs is 1. The minimum atomic E-state index is -0.875. The lowest BCUT2D eigenvalue weighted by atomic mass is 10.0. The first-order chi connectivity index (χ1) is 17.8. The van der Waals surface area contributed by atoms with Crippen molar-refractivity contribution in [3.8, 4) is 0 Å². The number of nitrogens with zero attached hydrogens (tertiary/aromatic N) is 4. The predicted molar refractivity (Wildman–Crippen MR) is 141 cm³/mol. The molecule has 0 aliphatic carbocycles. The molecule has 0 spiro atoms. The molecule has 0 fully saturated rings. The maximum Gasteiger partial charge on any atom is 0.247 e. The van der Waals surface area contributed by atoms with Crippen LogP contribution in [0.3, 0.4) is 0 Å². The van der Waals surface area contributed by atoms with Crippen molar-refractivity contribution in [2.45, 2.75) is 46.3 Å². The van der Waals surface area contributed by atoms with Gasteiger partial charge in [-0.05, 0) is 54.7 Å². The number of nitrogens with one attached hydrogen (secondary N) is 1. The molecule has 4 rings (SSSR count). The molecule has 7 nitrogen and oxygen atoms in total. The molecule has 4 aromatic rings. The van der Waals surface area contributed by atoms with Crippen molar-refractivity contribution in [1.29, 1.82) is 0 Å². The summed E-state index contributed by atoms with van der Waals surface area (Å²) >= 11 is 0. The Hall–Kier alpha value is -4.07. The summed E-state index contributed by atoms with van der Waals surface area (Å²) in [7, 11) is 0. The zero-order valence-corrected chi connectivity index (χ0v) is 21.4. The summed E-state index contributed by atoms with van der Waals surface area (Å²) in [6, 6.07) is 20.1. The van der Waals surface area contributed by atoms with E-state index >= 15 is 0 Å². The molecule has 1 heterocycles. The molecule has 3 aromatic carbocycles. The number of para-hydroxylation sites is 1. The van der Waals surface area contributed by atoms with Crippen LogP contribution in [0.5, 0.6) is 0 Å². The van der Waals surface area contributed by atoms with Crippen molar-refractivity contribution >= 4 is 22.8 Å². The molecule has 0 radical (unpaired) electrons. The van der Waals surface area contributed by atoms with E-state index in [1.165, 1.54) is 16.8 Å². The lowest BCUT2D eigenvalue weighted by Gasteiger charge is -2.32. The van der Waals surface area contributed by atoms with E-state index in [4.69, 9.17) is 0 Å². The zero-order valence-electron chi connectivity index (χ0n) is 21.4. The number of hydrogen-bond donors (Lipinski definition) is 1. The van der Waals surface area contributed by atoms with Crippen LogP contribution in [0.25, 0.3) is 11.0 Å². The van der Waals surface area contributed by atoms with Crippen LogP contribution in [-0.4, -0.2) is 38.3 Å². The topological polar surface area (TPSA) is 80.1 Å². The number of carbonyl (C=O) groups is 2. The zero-order chi connectivity index (χ0) is 26.4. The van der Waals surface area contributed by atoms with Crippen molar-refractivity contribution in [3.05, 3.63) is 95.3 Å². The number of benzene rings is 3. The van der Waals surface area contributed by atoms with E-state index in [1.54, 1.807) is 17.0 Å². The van der Waals surface area contributed by atoms with E-state index in [0.717, 1.165) is 17.5 Å². The first-order valence-electron chi connectivity index (χ1n) is 12.5. The highest BCUT2D eigenvalue weighted by atomic mass is 19.1.